The van der Waals surface area contributed by atoms with E-state index in [0.29, 0.717) is 17.0 Å². The number of ether oxygens (including phenoxy) is 1. The highest BCUT2D eigenvalue weighted by Crippen LogP contribution is 2.54. The van der Waals surface area contributed by atoms with E-state index in [2.05, 4.69) is 29.6 Å². The van der Waals surface area contributed by atoms with Crippen LogP contribution >= 0.6 is 0 Å². The predicted molar refractivity (Wildman–Crippen MR) is 133 cm³/mol. The van der Waals surface area contributed by atoms with E-state index in [9.17, 15) is 14.7 Å². The van der Waals surface area contributed by atoms with E-state index in [4.69, 9.17) is 4.74 Å². The molecule has 0 unspecified atom stereocenters. The summed E-state index contributed by atoms with van der Waals surface area (Å²) >= 11 is 0. The van der Waals surface area contributed by atoms with Crippen molar-refractivity contribution in [2.24, 2.45) is 5.92 Å². The maximum atomic E-state index is 12.4. The van der Waals surface area contributed by atoms with Gasteiger partial charge in [-0.25, -0.2) is 9.59 Å². The van der Waals surface area contributed by atoms with Gasteiger partial charge in [0.15, 0.2) is 0 Å². The number of aromatic carboxylic acids is 1. The molecular formula is C30H23NO4. The van der Waals surface area contributed by atoms with Crippen LogP contribution in [0, 0.1) is 5.92 Å². The molecule has 172 valence electrons. The first kappa shape index (κ1) is 21.2. The summed E-state index contributed by atoms with van der Waals surface area (Å²) < 4.78 is 5.55. The van der Waals surface area contributed by atoms with Gasteiger partial charge in [0.25, 0.3) is 0 Å². The molecule has 0 amide bonds. The number of esters is 1. The number of carbonyl (C=O) groups is 2. The van der Waals surface area contributed by atoms with Crippen molar-refractivity contribution >= 4 is 17.6 Å². The molecule has 4 aromatic rings. The van der Waals surface area contributed by atoms with Crippen molar-refractivity contribution in [2.75, 3.05) is 5.32 Å². The standard InChI is InChI=1S/C30H23NO4/c32-29(33)24-12-6-11-23-26-22-10-5-4-9-20(22)17-25(26)27(31-28(23)24)18-13-15-21(16-14-18)35-30(34)19-7-2-1-3-8-19/h1-16,25-27,31H,17H2,(H,32,33)/t25-,26+,27+/m1/s1. The molecular weight excluding hydrogens is 438 g/mol. The summed E-state index contributed by atoms with van der Waals surface area (Å²) in [5.41, 5.74) is 6.08. The zero-order chi connectivity index (χ0) is 23.9. The van der Waals surface area contributed by atoms with E-state index in [-0.39, 0.29) is 23.4 Å². The van der Waals surface area contributed by atoms with Crippen molar-refractivity contribution in [1.29, 1.82) is 0 Å². The van der Waals surface area contributed by atoms with E-state index in [0.717, 1.165) is 17.5 Å². The third-order valence-electron chi connectivity index (χ3n) is 7.12. The minimum atomic E-state index is -0.944. The van der Waals surface area contributed by atoms with E-state index < -0.39 is 11.9 Å². The molecule has 6 rings (SSSR count). The Bertz CT molecular complexity index is 1430. The number of benzene rings is 4. The monoisotopic (exact) mass is 461 g/mol. The van der Waals surface area contributed by atoms with Gasteiger partial charge in [0, 0.05) is 5.92 Å². The summed E-state index contributed by atoms with van der Waals surface area (Å²) in [6.07, 6.45) is 0.903. The maximum Gasteiger partial charge on any atom is 0.343 e. The molecule has 5 nitrogen and oxygen atoms in total. The highest BCUT2D eigenvalue weighted by atomic mass is 16.5. The molecule has 3 atom stereocenters. The summed E-state index contributed by atoms with van der Waals surface area (Å²) in [5.74, 6) is -0.526. The van der Waals surface area contributed by atoms with Crippen LogP contribution in [0.15, 0.2) is 97.1 Å². The third-order valence-corrected chi connectivity index (χ3v) is 7.12. The van der Waals surface area contributed by atoms with E-state index in [1.807, 2.05) is 30.3 Å². The predicted octanol–water partition coefficient (Wildman–Crippen LogP) is 6.08. The van der Waals surface area contributed by atoms with Crippen molar-refractivity contribution in [1.82, 2.24) is 0 Å². The highest BCUT2D eigenvalue weighted by molar-refractivity contribution is 5.96. The largest absolute Gasteiger partial charge is 0.478 e. The Morgan fingerprint density at radius 2 is 1.51 bits per heavy atom. The van der Waals surface area contributed by atoms with Crippen LogP contribution in [0.1, 0.15) is 54.9 Å². The van der Waals surface area contributed by atoms with Gasteiger partial charge in [0.1, 0.15) is 5.75 Å². The number of hydrogen-bond donors (Lipinski definition) is 2. The van der Waals surface area contributed by atoms with Crippen molar-refractivity contribution in [2.45, 2.75) is 18.4 Å². The van der Waals surface area contributed by atoms with Gasteiger partial charge in [-0.2, -0.15) is 0 Å². The number of para-hydroxylation sites is 1. The lowest BCUT2D eigenvalue weighted by atomic mass is 9.75. The zero-order valence-electron chi connectivity index (χ0n) is 18.8. The average Bonchev–Trinajstić information content (AvgIpc) is 3.29. The van der Waals surface area contributed by atoms with Gasteiger partial charge in [0.05, 0.1) is 22.9 Å². The van der Waals surface area contributed by atoms with Gasteiger partial charge >= 0.3 is 11.9 Å². The van der Waals surface area contributed by atoms with Crippen LogP contribution in [0.2, 0.25) is 0 Å². The van der Waals surface area contributed by atoms with Crippen LogP contribution in [-0.4, -0.2) is 17.0 Å². The Morgan fingerprint density at radius 1 is 0.800 bits per heavy atom. The molecule has 0 saturated carbocycles. The summed E-state index contributed by atoms with van der Waals surface area (Å²) in [6.45, 7) is 0. The van der Waals surface area contributed by atoms with E-state index in [1.54, 1.807) is 42.5 Å². The van der Waals surface area contributed by atoms with Crippen molar-refractivity contribution in [3.05, 3.63) is 130 Å². The van der Waals surface area contributed by atoms with E-state index >= 15 is 0 Å². The van der Waals surface area contributed by atoms with Gasteiger partial charge in [0.2, 0.25) is 0 Å². The first-order valence-corrected chi connectivity index (χ1v) is 11.7. The van der Waals surface area contributed by atoms with Crippen molar-refractivity contribution in [3.63, 3.8) is 0 Å². The fraction of sp³-hybridized carbons (Fsp3) is 0.133. The van der Waals surface area contributed by atoms with Gasteiger partial charge < -0.3 is 15.2 Å². The minimum absolute atomic E-state index is 0.0840. The Hall–Kier alpha value is -4.38. The summed E-state index contributed by atoms with van der Waals surface area (Å²) in [7, 11) is 0. The second kappa shape index (κ2) is 8.44. The van der Waals surface area contributed by atoms with Gasteiger partial charge in [-0.1, -0.05) is 66.7 Å². The molecule has 0 radical (unpaired) electrons. The molecule has 0 spiro atoms. The van der Waals surface area contributed by atoms with Crippen LogP contribution in [0.4, 0.5) is 5.69 Å². The topological polar surface area (TPSA) is 75.6 Å². The molecule has 0 aromatic heterocycles. The summed E-state index contributed by atoms with van der Waals surface area (Å²) in [5, 5.41) is 13.4. The van der Waals surface area contributed by atoms with Crippen LogP contribution in [-0.2, 0) is 6.42 Å². The number of hydrogen-bond acceptors (Lipinski definition) is 4. The lowest BCUT2D eigenvalue weighted by molar-refractivity contribution is 0.0695. The number of nitrogens with one attached hydrogen (secondary N) is 1. The average molecular weight is 462 g/mol. The lowest BCUT2D eigenvalue weighted by Crippen LogP contribution is -2.31. The first-order chi connectivity index (χ1) is 17.1. The van der Waals surface area contributed by atoms with Crippen molar-refractivity contribution < 1.29 is 19.4 Å². The van der Waals surface area contributed by atoms with E-state index in [1.165, 1.54) is 11.1 Å². The molecule has 1 aliphatic heterocycles. The molecule has 2 aliphatic rings. The van der Waals surface area contributed by atoms with Gasteiger partial charge in [-0.3, -0.25) is 0 Å². The normalized spacial score (nSPS) is 19.6. The fourth-order valence-corrected chi connectivity index (χ4v) is 5.58. The molecule has 5 heteroatoms. The smallest absolute Gasteiger partial charge is 0.343 e. The Balaban J connectivity index is 1.35. The molecule has 0 bridgehead atoms. The number of anilines is 1. The minimum Gasteiger partial charge on any atom is -0.478 e. The van der Waals surface area contributed by atoms with Gasteiger partial charge in [-0.15, -0.1) is 0 Å². The fourth-order valence-electron chi connectivity index (χ4n) is 5.58. The number of carboxylic acid groups (broad SMARTS) is 1. The molecule has 1 aliphatic carbocycles. The highest BCUT2D eigenvalue weighted by Gasteiger charge is 2.44. The molecule has 0 saturated heterocycles. The quantitative estimate of drug-likeness (QED) is 0.285. The lowest BCUT2D eigenvalue weighted by Gasteiger charge is -2.38. The Morgan fingerprint density at radius 3 is 2.29 bits per heavy atom. The second-order valence-electron chi connectivity index (χ2n) is 9.07. The molecule has 0 fully saturated rings. The van der Waals surface area contributed by atoms with Crippen molar-refractivity contribution in [3.8, 4) is 5.75 Å². The third kappa shape index (κ3) is 3.66. The van der Waals surface area contributed by atoms with Gasteiger partial charge in [-0.05, 0) is 64.9 Å². The Kier molecular flexibility index (Phi) is 5.10. The molecule has 4 aromatic carbocycles. The van der Waals surface area contributed by atoms with Crippen LogP contribution in [0.5, 0.6) is 5.75 Å². The zero-order valence-corrected chi connectivity index (χ0v) is 18.8. The summed E-state index contributed by atoms with van der Waals surface area (Å²) in [4.78, 5) is 24.5. The number of carbonyl (C=O) groups excluding carboxylic acids is 1. The second-order valence-corrected chi connectivity index (χ2v) is 9.07. The number of fused-ring (bicyclic) bond motifs is 5. The first-order valence-electron chi connectivity index (χ1n) is 11.7. The number of carboxylic acids is 1. The summed E-state index contributed by atoms with van der Waals surface area (Å²) in [6, 6.07) is 30.3. The SMILES string of the molecule is O=C(Oc1ccc([C@@H]2Nc3c(C(=O)O)cccc3[C@@H]3c4ccccc4C[C@H]32)cc1)c1ccccc1. The molecule has 35 heavy (non-hydrogen) atoms. The molecule has 1 heterocycles. The number of rotatable bonds is 4. The van der Waals surface area contributed by atoms with Crippen LogP contribution in [0.25, 0.3) is 0 Å². The van der Waals surface area contributed by atoms with Crippen LogP contribution in [0.3, 0.4) is 0 Å². The van der Waals surface area contributed by atoms with Crippen LogP contribution < -0.4 is 10.1 Å². The molecule has 2 N–H and O–H groups in total. The Labute approximate surface area is 203 Å². The maximum absolute atomic E-state index is 12.4.